The molecule has 0 aliphatic heterocycles. The molecule has 0 spiro atoms. The highest BCUT2D eigenvalue weighted by molar-refractivity contribution is 5.89. The molecule has 1 aromatic heterocycles. The van der Waals surface area contributed by atoms with Crippen LogP contribution in [0.3, 0.4) is 0 Å². The van der Waals surface area contributed by atoms with E-state index in [2.05, 4.69) is 135 Å². The number of hydrogen-bond donors (Lipinski definition) is 1. The van der Waals surface area contributed by atoms with Crippen LogP contribution >= 0.6 is 0 Å². The summed E-state index contributed by atoms with van der Waals surface area (Å²) >= 11 is 0. The minimum atomic E-state index is -0.908. The Bertz CT molecular complexity index is 1870. The summed E-state index contributed by atoms with van der Waals surface area (Å²) in [5.74, 6) is 0.116. The van der Waals surface area contributed by atoms with Crippen LogP contribution in [-0.4, -0.2) is 22.6 Å². The van der Waals surface area contributed by atoms with Crippen molar-refractivity contribution >= 4 is 23.0 Å². The third-order valence-corrected chi connectivity index (χ3v) is 11.1. The van der Waals surface area contributed by atoms with E-state index in [1.54, 1.807) is 12.1 Å². The van der Waals surface area contributed by atoms with E-state index in [9.17, 15) is 4.79 Å². The average molecular weight is 657 g/mol. The van der Waals surface area contributed by atoms with Crippen molar-refractivity contribution in [3.63, 3.8) is 0 Å². The Morgan fingerprint density at radius 3 is 1.84 bits per heavy atom. The van der Waals surface area contributed by atoms with Gasteiger partial charge in [0.15, 0.2) is 0 Å². The zero-order valence-electron chi connectivity index (χ0n) is 31.7. The van der Waals surface area contributed by atoms with Crippen molar-refractivity contribution in [1.29, 1.82) is 0 Å². The number of hydrogen-bond acceptors (Lipinski definition) is 3. The number of pyridine rings is 1. The lowest BCUT2D eigenvalue weighted by molar-refractivity contribution is 0.0697. The highest BCUT2D eigenvalue weighted by Crippen LogP contribution is 2.51. The molecule has 0 amide bonds. The Hall–Kier alpha value is -4.18. The van der Waals surface area contributed by atoms with Crippen molar-refractivity contribution in [3.05, 3.63) is 130 Å². The lowest BCUT2D eigenvalue weighted by atomic mass is 9.63. The number of carboxylic acid groups (broad SMARTS) is 1. The highest BCUT2D eigenvalue weighted by atomic mass is 16.4. The molecular weight excluding hydrogens is 601 g/mol. The van der Waals surface area contributed by atoms with Crippen molar-refractivity contribution in [3.8, 4) is 0 Å². The third-order valence-electron chi connectivity index (χ3n) is 11.1. The fourth-order valence-electron chi connectivity index (χ4n) is 8.26. The molecule has 6 rings (SSSR count). The second-order valence-electron chi connectivity index (χ2n) is 17.0. The van der Waals surface area contributed by atoms with E-state index < -0.39 is 5.97 Å². The fraction of sp³-hybridized carbons (Fsp3) is 0.422. The molecular formula is C45H56N2O2. The summed E-state index contributed by atoms with van der Waals surface area (Å²) in [5.41, 5.74) is 13.7. The van der Waals surface area contributed by atoms with Gasteiger partial charge < -0.3 is 10.0 Å². The van der Waals surface area contributed by atoms with Gasteiger partial charge in [-0.3, -0.25) is 0 Å². The number of aryl methyl sites for hydroxylation is 2. The van der Waals surface area contributed by atoms with Gasteiger partial charge in [-0.05, 0) is 142 Å². The van der Waals surface area contributed by atoms with E-state index in [1.165, 1.54) is 51.9 Å². The maximum Gasteiger partial charge on any atom is 0.335 e. The number of carboxylic acids is 1. The van der Waals surface area contributed by atoms with Gasteiger partial charge >= 0.3 is 5.97 Å². The lowest BCUT2D eigenvalue weighted by Crippen LogP contribution is -2.34. The summed E-state index contributed by atoms with van der Waals surface area (Å²) in [4.78, 5) is 18.0. The molecule has 0 radical (unpaired) electrons. The van der Waals surface area contributed by atoms with Gasteiger partial charge in [0.2, 0.25) is 0 Å². The van der Waals surface area contributed by atoms with Gasteiger partial charge in [-0.2, -0.15) is 0 Å². The maximum absolute atomic E-state index is 11.0. The minimum Gasteiger partial charge on any atom is -0.478 e. The average Bonchev–Trinajstić information content (AvgIpc) is 3.22. The van der Waals surface area contributed by atoms with Gasteiger partial charge in [-0.15, -0.1) is 0 Å². The molecule has 0 fully saturated rings. The first kappa shape index (κ1) is 36.1. The van der Waals surface area contributed by atoms with E-state index >= 15 is 0 Å². The fourth-order valence-corrected chi connectivity index (χ4v) is 8.26. The molecule has 1 heterocycles. The predicted molar refractivity (Wildman–Crippen MR) is 207 cm³/mol. The molecule has 4 aromatic rings. The number of nitrogens with zero attached hydrogens (tertiary/aromatic N) is 2. The SMILES string of the molecule is C=C(c1ccc(C(=O)O)cc1)c1cc2c(cc1C)C(C)(C)CC2(C)C.CCN(c1ccc2c(c1)C(C)(C)CCC2(C)C)c1ccc(C)cn1. The first-order chi connectivity index (χ1) is 22.8. The molecule has 0 unspecified atom stereocenters. The Kier molecular flexibility index (Phi) is 9.53. The molecule has 0 atom stereocenters. The molecule has 2 aliphatic carbocycles. The molecule has 4 heteroatoms. The van der Waals surface area contributed by atoms with Crippen LogP contribution in [0.5, 0.6) is 0 Å². The summed E-state index contributed by atoms with van der Waals surface area (Å²) in [6.07, 6.45) is 5.58. The van der Waals surface area contributed by atoms with Crippen molar-refractivity contribution in [2.45, 2.75) is 117 Å². The van der Waals surface area contributed by atoms with Crippen LogP contribution in [0, 0.1) is 13.8 Å². The third kappa shape index (κ3) is 7.11. The van der Waals surface area contributed by atoms with E-state index in [-0.39, 0.29) is 21.7 Å². The highest BCUT2D eigenvalue weighted by Gasteiger charge is 2.42. The van der Waals surface area contributed by atoms with E-state index in [1.807, 2.05) is 18.3 Å². The van der Waals surface area contributed by atoms with Crippen LogP contribution in [0.2, 0.25) is 0 Å². The van der Waals surface area contributed by atoms with Crippen LogP contribution in [0.4, 0.5) is 11.5 Å². The van der Waals surface area contributed by atoms with Crippen LogP contribution in [0.1, 0.15) is 136 Å². The normalized spacial score (nSPS) is 17.6. The van der Waals surface area contributed by atoms with Crippen molar-refractivity contribution in [2.75, 3.05) is 11.4 Å². The van der Waals surface area contributed by atoms with Crippen molar-refractivity contribution < 1.29 is 9.90 Å². The summed E-state index contributed by atoms with van der Waals surface area (Å²) in [5, 5.41) is 9.07. The predicted octanol–water partition coefficient (Wildman–Crippen LogP) is 11.6. The van der Waals surface area contributed by atoms with Gasteiger partial charge in [-0.25, -0.2) is 9.78 Å². The number of aromatic carboxylic acids is 1. The van der Waals surface area contributed by atoms with Crippen LogP contribution in [-0.2, 0) is 21.7 Å². The summed E-state index contributed by atoms with van der Waals surface area (Å²) in [7, 11) is 0. The standard InChI is InChI=1S/C23H26O2.C22H30N2/c1-14-11-19-20(23(5,6)13-22(19,3)4)12-18(14)15(2)16-7-9-17(10-8-16)21(24)25;1-7-24(20-11-8-16(2)15-23-20)17-9-10-18-19(14-17)22(5,6)13-12-21(18,3)4/h7-12H,2,13H2,1,3-6H3,(H,24,25);8-11,14-15H,7,12-13H2,1-6H3. The van der Waals surface area contributed by atoms with Gasteiger partial charge in [-0.1, -0.05) is 98.4 Å². The number of fused-ring (bicyclic) bond motifs is 2. The van der Waals surface area contributed by atoms with Gasteiger partial charge in [0, 0.05) is 18.4 Å². The monoisotopic (exact) mass is 656 g/mol. The molecule has 49 heavy (non-hydrogen) atoms. The Balaban J connectivity index is 0.000000191. The zero-order chi connectivity index (χ0) is 36.1. The number of aromatic nitrogens is 1. The van der Waals surface area contributed by atoms with E-state index in [4.69, 9.17) is 5.11 Å². The first-order valence-electron chi connectivity index (χ1n) is 17.8. The van der Waals surface area contributed by atoms with Crippen LogP contribution < -0.4 is 4.90 Å². The molecule has 258 valence electrons. The number of benzene rings is 3. The van der Waals surface area contributed by atoms with E-state index in [0.29, 0.717) is 5.56 Å². The van der Waals surface area contributed by atoms with E-state index in [0.717, 1.165) is 35.5 Å². The largest absolute Gasteiger partial charge is 0.478 e. The van der Waals surface area contributed by atoms with Crippen molar-refractivity contribution in [2.24, 2.45) is 0 Å². The van der Waals surface area contributed by atoms with Crippen LogP contribution in [0.15, 0.2) is 79.5 Å². The Morgan fingerprint density at radius 2 is 1.29 bits per heavy atom. The molecule has 0 saturated carbocycles. The number of rotatable bonds is 6. The summed E-state index contributed by atoms with van der Waals surface area (Å²) < 4.78 is 0. The smallest absolute Gasteiger partial charge is 0.335 e. The number of anilines is 2. The van der Waals surface area contributed by atoms with Gasteiger partial charge in [0.05, 0.1) is 5.56 Å². The Morgan fingerprint density at radius 1 is 0.735 bits per heavy atom. The second kappa shape index (κ2) is 12.9. The molecule has 4 nitrogen and oxygen atoms in total. The van der Waals surface area contributed by atoms with Gasteiger partial charge in [0.1, 0.15) is 5.82 Å². The second-order valence-corrected chi connectivity index (χ2v) is 17.0. The molecule has 1 N–H and O–H groups in total. The van der Waals surface area contributed by atoms with Crippen LogP contribution in [0.25, 0.3) is 5.57 Å². The molecule has 0 saturated heterocycles. The molecule has 3 aromatic carbocycles. The molecule has 0 bridgehead atoms. The lowest BCUT2D eigenvalue weighted by Gasteiger charge is -2.42. The zero-order valence-corrected chi connectivity index (χ0v) is 31.7. The first-order valence-corrected chi connectivity index (χ1v) is 17.8. The van der Waals surface area contributed by atoms with Gasteiger partial charge in [0.25, 0.3) is 0 Å². The minimum absolute atomic E-state index is 0.148. The molecule has 2 aliphatic rings. The number of carbonyl (C=O) groups is 1. The quantitative estimate of drug-likeness (QED) is 0.224. The summed E-state index contributed by atoms with van der Waals surface area (Å²) in [6, 6.07) is 22.8. The summed E-state index contributed by atoms with van der Waals surface area (Å²) in [6.45, 7) is 30.4. The van der Waals surface area contributed by atoms with Crippen molar-refractivity contribution in [1.82, 2.24) is 4.98 Å². The topological polar surface area (TPSA) is 53.4 Å². The Labute approximate surface area is 295 Å². The maximum atomic E-state index is 11.0.